The molecule has 0 radical (unpaired) electrons. The quantitative estimate of drug-likeness (QED) is 0.884. The van der Waals surface area contributed by atoms with E-state index in [1.165, 1.54) is 12.1 Å². The van der Waals surface area contributed by atoms with Crippen LogP contribution < -0.4 is 5.32 Å². The first-order chi connectivity index (χ1) is 10.1. The number of nitrogens with zero attached hydrogens (tertiary/aromatic N) is 1. The first-order valence-corrected chi connectivity index (χ1v) is 7.02. The predicted octanol–water partition coefficient (Wildman–Crippen LogP) is 1.08. The van der Waals surface area contributed by atoms with Crippen molar-refractivity contribution in [2.45, 2.75) is 19.4 Å². The molecule has 1 heterocycles. The van der Waals surface area contributed by atoms with Gasteiger partial charge in [0.05, 0.1) is 13.2 Å². The Morgan fingerprint density at radius 1 is 1.14 bits per heavy atom. The van der Waals surface area contributed by atoms with Crippen LogP contribution in [0.2, 0.25) is 0 Å². The monoisotopic (exact) mass is 294 g/mol. The van der Waals surface area contributed by atoms with Crippen molar-refractivity contribution in [1.29, 1.82) is 0 Å². The highest BCUT2D eigenvalue weighted by Gasteiger charge is 2.17. The maximum atomic E-state index is 12.7. The number of rotatable bonds is 5. The normalized spacial score (nSPS) is 14.8. The van der Waals surface area contributed by atoms with Crippen LogP contribution in [0.3, 0.4) is 0 Å². The Kier molecular flexibility index (Phi) is 5.68. The van der Waals surface area contributed by atoms with Gasteiger partial charge < -0.3 is 15.0 Å². The molecule has 0 unspecified atom stereocenters. The second-order valence-corrected chi connectivity index (χ2v) is 4.90. The molecule has 0 bridgehead atoms. The average molecular weight is 294 g/mol. The fourth-order valence-electron chi connectivity index (χ4n) is 2.08. The molecule has 5 nitrogen and oxygen atoms in total. The molecule has 21 heavy (non-hydrogen) atoms. The third kappa shape index (κ3) is 5.15. The number of amides is 2. The average Bonchev–Trinajstić information content (AvgIpc) is 2.53. The van der Waals surface area contributed by atoms with Crippen LogP contribution in [0.1, 0.15) is 18.4 Å². The topological polar surface area (TPSA) is 58.6 Å². The summed E-state index contributed by atoms with van der Waals surface area (Å²) in [5.41, 5.74) is 0.823. The number of benzene rings is 1. The number of halogens is 1. The van der Waals surface area contributed by atoms with E-state index in [0.29, 0.717) is 32.8 Å². The lowest BCUT2D eigenvalue weighted by molar-refractivity contribution is -0.137. The van der Waals surface area contributed by atoms with Gasteiger partial charge >= 0.3 is 0 Å². The number of morpholine rings is 1. The second kappa shape index (κ2) is 7.73. The Hall–Kier alpha value is -1.95. The zero-order valence-corrected chi connectivity index (χ0v) is 11.8. The van der Waals surface area contributed by atoms with Gasteiger partial charge in [0.2, 0.25) is 11.8 Å². The van der Waals surface area contributed by atoms with Crippen molar-refractivity contribution in [2.75, 3.05) is 26.3 Å². The molecule has 6 heteroatoms. The van der Waals surface area contributed by atoms with Crippen molar-refractivity contribution in [1.82, 2.24) is 10.2 Å². The van der Waals surface area contributed by atoms with Gasteiger partial charge in [-0.1, -0.05) is 12.1 Å². The Morgan fingerprint density at radius 3 is 2.48 bits per heavy atom. The number of ether oxygens (including phenoxy) is 1. The number of hydrogen-bond acceptors (Lipinski definition) is 3. The molecule has 0 spiro atoms. The lowest BCUT2D eigenvalue weighted by Gasteiger charge is -2.26. The third-order valence-corrected chi connectivity index (χ3v) is 3.33. The molecule has 1 aliphatic rings. The minimum absolute atomic E-state index is 0.0183. The molecular formula is C15H19FN2O3. The molecule has 2 amide bonds. The van der Waals surface area contributed by atoms with Crippen molar-refractivity contribution in [3.8, 4) is 0 Å². The molecule has 0 saturated carbocycles. The van der Waals surface area contributed by atoms with Crippen LogP contribution in [0.5, 0.6) is 0 Å². The van der Waals surface area contributed by atoms with Gasteiger partial charge in [0.25, 0.3) is 0 Å². The molecule has 1 saturated heterocycles. The molecule has 1 fully saturated rings. The number of carbonyl (C=O) groups excluding carboxylic acids is 2. The van der Waals surface area contributed by atoms with Crippen molar-refractivity contribution in [3.63, 3.8) is 0 Å². The van der Waals surface area contributed by atoms with Gasteiger partial charge in [0, 0.05) is 32.5 Å². The van der Waals surface area contributed by atoms with E-state index in [9.17, 15) is 14.0 Å². The van der Waals surface area contributed by atoms with E-state index >= 15 is 0 Å². The smallest absolute Gasteiger partial charge is 0.223 e. The maximum absolute atomic E-state index is 12.7. The predicted molar refractivity (Wildman–Crippen MR) is 74.9 cm³/mol. The van der Waals surface area contributed by atoms with Crippen molar-refractivity contribution >= 4 is 11.8 Å². The first-order valence-electron chi connectivity index (χ1n) is 7.02. The summed E-state index contributed by atoms with van der Waals surface area (Å²) in [5.74, 6) is -0.502. The molecule has 2 rings (SSSR count). The van der Waals surface area contributed by atoms with Crippen molar-refractivity contribution in [3.05, 3.63) is 35.6 Å². The van der Waals surface area contributed by atoms with Crippen LogP contribution >= 0.6 is 0 Å². The molecule has 1 N–H and O–H groups in total. The lowest BCUT2D eigenvalue weighted by Crippen LogP contribution is -2.41. The number of nitrogens with one attached hydrogen (secondary N) is 1. The summed E-state index contributed by atoms with van der Waals surface area (Å²) < 4.78 is 17.9. The van der Waals surface area contributed by atoms with Crippen molar-refractivity contribution < 1.29 is 18.7 Å². The van der Waals surface area contributed by atoms with E-state index in [0.717, 1.165) is 5.56 Å². The Balaban J connectivity index is 1.67. The van der Waals surface area contributed by atoms with Crippen LogP contribution in [0.25, 0.3) is 0 Å². The van der Waals surface area contributed by atoms with E-state index < -0.39 is 0 Å². The van der Waals surface area contributed by atoms with Crippen molar-refractivity contribution in [2.24, 2.45) is 0 Å². The fraction of sp³-hybridized carbons (Fsp3) is 0.467. The molecule has 1 aromatic rings. The minimum Gasteiger partial charge on any atom is -0.378 e. The van der Waals surface area contributed by atoms with Crippen LogP contribution in [0.15, 0.2) is 24.3 Å². The third-order valence-electron chi connectivity index (χ3n) is 3.33. The van der Waals surface area contributed by atoms with Gasteiger partial charge in [-0.05, 0) is 17.7 Å². The minimum atomic E-state index is -0.304. The second-order valence-electron chi connectivity index (χ2n) is 4.90. The van der Waals surface area contributed by atoms with Gasteiger partial charge in [0.15, 0.2) is 0 Å². The largest absolute Gasteiger partial charge is 0.378 e. The highest BCUT2D eigenvalue weighted by molar-refractivity contribution is 5.83. The SMILES string of the molecule is O=C(CCC(=O)N1CCOCC1)NCc1ccc(F)cc1. The zero-order chi connectivity index (χ0) is 15.1. The molecule has 0 aromatic heterocycles. The number of hydrogen-bond donors (Lipinski definition) is 1. The summed E-state index contributed by atoms with van der Waals surface area (Å²) in [4.78, 5) is 25.3. The van der Waals surface area contributed by atoms with Gasteiger partial charge in [-0.15, -0.1) is 0 Å². The fourth-order valence-corrected chi connectivity index (χ4v) is 2.08. The van der Waals surface area contributed by atoms with Gasteiger partial charge in [-0.2, -0.15) is 0 Å². The van der Waals surface area contributed by atoms with Gasteiger partial charge in [-0.3, -0.25) is 9.59 Å². The zero-order valence-electron chi connectivity index (χ0n) is 11.8. The number of carbonyl (C=O) groups is 2. The Bertz CT molecular complexity index is 484. The lowest BCUT2D eigenvalue weighted by atomic mass is 10.2. The molecule has 0 aliphatic carbocycles. The van der Waals surface area contributed by atoms with E-state index in [-0.39, 0.29) is 30.5 Å². The highest BCUT2D eigenvalue weighted by Crippen LogP contribution is 2.04. The summed E-state index contributed by atoms with van der Waals surface area (Å²) in [5, 5.41) is 2.72. The molecule has 0 atom stereocenters. The Labute approximate surface area is 123 Å². The Morgan fingerprint density at radius 2 is 1.81 bits per heavy atom. The van der Waals surface area contributed by atoms with Gasteiger partial charge in [-0.25, -0.2) is 4.39 Å². The van der Waals surface area contributed by atoms with Gasteiger partial charge in [0.1, 0.15) is 5.82 Å². The summed E-state index contributed by atoms with van der Waals surface area (Å²) in [6, 6.07) is 5.94. The summed E-state index contributed by atoms with van der Waals surface area (Å²) in [6.07, 6.45) is 0.368. The van der Waals surface area contributed by atoms with E-state index in [4.69, 9.17) is 4.74 Å². The molecule has 1 aliphatic heterocycles. The van der Waals surface area contributed by atoms with Crippen LogP contribution in [0, 0.1) is 5.82 Å². The van der Waals surface area contributed by atoms with Crippen LogP contribution in [-0.2, 0) is 20.9 Å². The summed E-state index contributed by atoms with van der Waals surface area (Å²) >= 11 is 0. The first kappa shape index (κ1) is 15.4. The van der Waals surface area contributed by atoms with E-state index in [1.54, 1.807) is 17.0 Å². The standard InChI is InChI=1S/C15H19FN2O3/c16-13-3-1-12(2-4-13)11-17-14(19)5-6-15(20)18-7-9-21-10-8-18/h1-4H,5-11H2,(H,17,19). The highest BCUT2D eigenvalue weighted by atomic mass is 19.1. The summed E-state index contributed by atoms with van der Waals surface area (Å²) in [6.45, 7) is 2.64. The summed E-state index contributed by atoms with van der Waals surface area (Å²) in [7, 11) is 0. The maximum Gasteiger partial charge on any atom is 0.223 e. The van der Waals surface area contributed by atoms with E-state index in [1.807, 2.05) is 0 Å². The molecule has 1 aromatic carbocycles. The molecule has 114 valence electrons. The molecular weight excluding hydrogens is 275 g/mol. The van der Waals surface area contributed by atoms with Crippen LogP contribution in [-0.4, -0.2) is 43.0 Å². The van der Waals surface area contributed by atoms with Crippen LogP contribution in [0.4, 0.5) is 4.39 Å². The van der Waals surface area contributed by atoms with E-state index in [2.05, 4.69) is 5.32 Å².